The number of para-hydroxylation sites is 1. The lowest BCUT2D eigenvalue weighted by molar-refractivity contribution is 0.396. The van der Waals surface area contributed by atoms with E-state index in [1.165, 1.54) is 11.1 Å². The summed E-state index contributed by atoms with van der Waals surface area (Å²) in [5, 5.41) is 0. The van der Waals surface area contributed by atoms with Gasteiger partial charge in [0.1, 0.15) is 11.5 Å². The summed E-state index contributed by atoms with van der Waals surface area (Å²) in [6.45, 7) is 3.08. The molecule has 1 fully saturated rings. The molecule has 0 saturated carbocycles. The first kappa shape index (κ1) is 12.2. The van der Waals surface area contributed by atoms with Crippen LogP contribution in [-0.2, 0) is 11.2 Å². The van der Waals surface area contributed by atoms with Crippen LogP contribution in [0.2, 0.25) is 0 Å². The summed E-state index contributed by atoms with van der Waals surface area (Å²) in [6, 6.07) is 16.2. The Kier molecular flexibility index (Phi) is 3.51. The molecule has 1 atom stereocenters. The molecular weight excluding hydrogens is 236 g/mol. The van der Waals surface area contributed by atoms with Gasteiger partial charge in [-0.2, -0.15) is 0 Å². The Bertz CT molecular complexity index is 544. The van der Waals surface area contributed by atoms with Gasteiger partial charge in [0.05, 0.1) is 12.7 Å². The normalized spacial score (nSPS) is 17.2. The van der Waals surface area contributed by atoms with Crippen LogP contribution in [-0.4, -0.2) is 12.7 Å². The molecule has 3 rings (SSSR count). The number of hydrogen-bond acceptors (Lipinski definition) is 2. The number of hydrogen-bond donors (Lipinski definition) is 0. The van der Waals surface area contributed by atoms with Crippen LogP contribution in [0, 0.1) is 6.92 Å². The molecule has 2 heteroatoms. The lowest BCUT2D eigenvalue weighted by Gasteiger charge is -2.09. The van der Waals surface area contributed by atoms with Crippen LogP contribution in [0.15, 0.2) is 48.5 Å². The second-order valence-corrected chi connectivity index (χ2v) is 5.00. The van der Waals surface area contributed by atoms with Gasteiger partial charge in [-0.3, -0.25) is 0 Å². The Labute approximate surface area is 114 Å². The third-order valence-electron chi connectivity index (χ3n) is 3.43. The van der Waals surface area contributed by atoms with Gasteiger partial charge in [-0.25, -0.2) is 0 Å². The molecule has 0 radical (unpaired) electrons. The first-order valence-electron chi connectivity index (χ1n) is 6.75. The van der Waals surface area contributed by atoms with E-state index in [0.29, 0.717) is 6.10 Å². The van der Waals surface area contributed by atoms with Crippen LogP contribution in [0.5, 0.6) is 11.5 Å². The van der Waals surface area contributed by atoms with Crippen LogP contribution in [0.3, 0.4) is 0 Å². The SMILES string of the molecule is Cc1cc(Oc2ccccc2)ccc1CCC1CO1. The van der Waals surface area contributed by atoms with Gasteiger partial charge in [-0.15, -0.1) is 0 Å². The molecule has 0 amide bonds. The van der Waals surface area contributed by atoms with Gasteiger partial charge in [-0.1, -0.05) is 24.3 Å². The molecular formula is C17H18O2. The number of rotatable bonds is 5. The van der Waals surface area contributed by atoms with Crippen LogP contribution >= 0.6 is 0 Å². The van der Waals surface area contributed by atoms with Gasteiger partial charge >= 0.3 is 0 Å². The van der Waals surface area contributed by atoms with E-state index in [-0.39, 0.29) is 0 Å². The maximum Gasteiger partial charge on any atom is 0.127 e. The molecule has 0 aromatic heterocycles. The fourth-order valence-electron chi connectivity index (χ4n) is 2.19. The zero-order valence-corrected chi connectivity index (χ0v) is 11.1. The van der Waals surface area contributed by atoms with Gasteiger partial charge in [0.25, 0.3) is 0 Å². The Hall–Kier alpha value is -1.80. The molecule has 1 aliphatic heterocycles. The molecule has 2 aromatic carbocycles. The molecule has 98 valence electrons. The van der Waals surface area contributed by atoms with Crippen molar-refractivity contribution in [1.29, 1.82) is 0 Å². The summed E-state index contributed by atoms with van der Waals surface area (Å²) in [5.74, 6) is 1.77. The van der Waals surface area contributed by atoms with Crippen molar-refractivity contribution in [2.75, 3.05) is 6.61 Å². The first-order valence-corrected chi connectivity index (χ1v) is 6.75. The number of ether oxygens (including phenoxy) is 2. The van der Waals surface area contributed by atoms with Crippen LogP contribution in [0.25, 0.3) is 0 Å². The highest BCUT2D eigenvalue weighted by Gasteiger charge is 2.21. The third-order valence-corrected chi connectivity index (χ3v) is 3.43. The van der Waals surface area contributed by atoms with Crippen molar-refractivity contribution in [2.45, 2.75) is 25.9 Å². The Morgan fingerprint density at radius 2 is 1.89 bits per heavy atom. The predicted octanol–water partition coefficient (Wildman–Crippen LogP) is 4.12. The van der Waals surface area contributed by atoms with Gasteiger partial charge in [0, 0.05) is 0 Å². The van der Waals surface area contributed by atoms with Crippen molar-refractivity contribution in [3.8, 4) is 11.5 Å². The van der Waals surface area contributed by atoms with Crippen LogP contribution < -0.4 is 4.74 Å². The summed E-state index contributed by atoms with van der Waals surface area (Å²) in [4.78, 5) is 0. The zero-order valence-electron chi connectivity index (χ0n) is 11.1. The standard InChI is InChI=1S/C17H18O2/c1-13-11-16(19-15-5-3-2-4-6-15)9-7-14(13)8-10-17-12-18-17/h2-7,9,11,17H,8,10,12H2,1H3. The smallest absolute Gasteiger partial charge is 0.127 e. The summed E-state index contributed by atoms with van der Waals surface area (Å²) in [7, 11) is 0. The molecule has 19 heavy (non-hydrogen) atoms. The average Bonchev–Trinajstić information content (AvgIpc) is 3.23. The van der Waals surface area contributed by atoms with Crippen molar-refractivity contribution in [2.24, 2.45) is 0 Å². The molecule has 1 heterocycles. The molecule has 0 spiro atoms. The second kappa shape index (κ2) is 5.45. The van der Waals surface area contributed by atoms with E-state index in [9.17, 15) is 0 Å². The minimum absolute atomic E-state index is 0.500. The minimum atomic E-state index is 0.500. The Morgan fingerprint density at radius 3 is 2.58 bits per heavy atom. The minimum Gasteiger partial charge on any atom is -0.457 e. The first-order chi connectivity index (χ1) is 9.31. The van der Waals surface area contributed by atoms with E-state index in [4.69, 9.17) is 9.47 Å². The maximum atomic E-state index is 5.83. The Balaban J connectivity index is 1.67. The summed E-state index contributed by atoms with van der Waals surface area (Å²) in [6.07, 6.45) is 2.71. The van der Waals surface area contributed by atoms with E-state index in [1.807, 2.05) is 36.4 Å². The largest absolute Gasteiger partial charge is 0.457 e. The average molecular weight is 254 g/mol. The van der Waals surface area contributed by atoms with Crippen molar-refractivity contribution in [1.82, 2.24) is 0 Å². The maximum absolute atomic E-state index is 5.83. The van der Waals surface area contributed by atoms with E-state index in [0.717, 1.165) is 30.9 Å². The number of benzene rings is 2. The second-order valence-electron chi connectivity index (χ2n) is 5.00. The van der Waals surface area contributed by atoms with Crippen molar-refractivity contribution >= 4 is 0 Å². The summed E-state index contributed by atoms with van der Waals surface area (Å²) in [5.41, 5.74) is 2.67. The predicted molar refractivity (Wildman–Crippen MR) is 75.8 cm³/mol. The Morgan fingerprint density at radius 1 is 1.11 bits per heavy atom. The highest BCUT2D eigenvalue weighted by Crippen LogP contribution is 2.25. The lowest BCUT2D eigenvalue weighted by atomic mass is 10.0. The molecule has 1 saturated heterocycles. The molecule has 2 nitrogen and oxygen atoms in total. The molecule has 0 bridgehead atoms. The molecule has 1 unspecified atom stereocenters. The van der Waals surface area contributed by atoms with Crippen molar-refractivity contribution in [3.63, 3.8) is 0 Å². The lowest BCUT2D eigenvalue weighted by Crippen LogP contribution is -1.95. The number of epoxide rings is 1. The third kappa shape index (κ3) is 3.36. The van der Waals surface area contributed by atoms with Gasteiger partial charge in [0.15, 0.2) is 0 Å². The zero-order chi connectivity index (χ0) is 13.1. The number of aryl methyl sites for hydroxylation is 2. The fourth-order valence-corrected chi connectivity index (χ4v) is 2.19. The molecule has 2 aromatic rings. The van der Waals surface area contributed by atoms with E-state index in [1.54, 1.807) is 0 Å². The topological polar surface area (TPSA) is 21.8 Å². The van der Waals surface area contributed by atoms with Crippen LogP contribution in [0.1, 0.15) is 17.5 Å². The molecule has 1 aliphatic rings. The monoisotopic (exact) mass is 254 g/mol. The van der Waals surface area contributed by atoms with Crippen molar-refractivity contribution in [3.05, 3.63) is 59.7 Å². The van der Waals surface area contributed by atoms with Gasteiger partial charge in [-0.05, 0) is 55.2 Å². The fraction of sp³-hybridized carbons (Fsp3) is 0.294. The quantitative estimate of drug-likeness (QED) is 0.749. The summed E-state index contributed by atoms with van der Waals surface area (Å²) >= 11 is 0. The van der Waals surface area contributed by atoms with Crippen molar-refractivity contribution < 1.29 is 9.47 Å². The van der Waals surface area contributed by atoms with Crippen LogP contribution in [0.4, 0.5) is 0 Å². The van der Waals surface area contributed by atoms with Gasteiger partial charge in [0.2, 0.25) is 0 Å². The highest BCUT2D eigenvalue weighted by atomic mass is 16.6. The van der Waals surface area contributed by atoms with Gasteiger partial charge < -0.3 is 9.47 Å². The molecule has 0 N–H and O–H groups in total. The van der Waals surface area contributed by atoms with E-state index in [2.05, 4.69) is 19.1 Å². The van der Waals surface area contributed by atoms with E-state index < -0.39 is 0 Å². The summed E-state index contributed by atoms with van der Waals surface area (Å²) < 4.78 is 11.1. The molecule has 0 aliphatic carbocycles. The highest BCUT2D eigenvalue weighted by molar-refractivity contribution is 5.38. The van der Waals surface area contributed by atoms with E-state index >= 15 is 0 Å².